The number of allylic oxidation sites excluding steroid dienone is 2. The third-order valence-corrected chi connectivity index (χ3v) is 4.59. The van der Waals surface area contributed by atoms with Gasteiger partial charge in [-0.2, -0.15) is 0 Å². The van der Waals surface area contributed by atoms with E-state index < -0.39 is 17.8 Å². The Kier molecular flexibility index (Phi) is 5.63. The lowest BCUT2D eigenvalue weighted by atomic mass is 10.0. The van der Waals surface area contributed by atoms with E-state index >= 15 is 0 Å². The number of barbiturate groups is 1. The Bertz CT molecular complexity index is 748. The van der Waals surface area contributed by atoms with Crippen molar-refractivity contribution in [3.63, 3.8) is 0 Å². The highest BCUT2D eigenvalue weighted by Crippen LogP contribution is 2.24. The number of carbonyl (C=O) groups excluding carboxylic acids is 3. The van der Waals surface area contributed by atoms with E-state index in [1.807, 2.05) is 36.4 Å². The molecule has 0 radical (unpaired) electrons. The summed E-state index contributed by atoms with van der Waals surface area (Å²) in [7, 11) is 0. The smallest absolute Gasteiger partial charge is 0.334 e. The predicted molar refractivity (Wildman–Crippen MR) is 97.0 cm³/mol. The molecule has 0 bridgehead atoms. The molecule has 136 valence electrons. The van der Waals surface area contributed by atoms with Crippen molar-refractivity contribution in [3.8, 4) is 0 Å². The summed E-state index contributed by atoms with van der Waals surface area (Å²) in [6.07, 6.45) is 6.18. The van der Waals surface area contributed by atoms with Crippen LogP contribution in [0.25, 0.3) is 6.08 Å². The van der Waals surface area contributed by atoms with Crippen LogP contribution in [0, 0.1) is 0 Å². The van der Waals surface area contributed by atoms with Gasteiger partial charge in [0.1, 0.15) is 5.57 Å². The van der Waals surface area contributed by atoms with Crippen molar-refractivity contribution < 1.29 is 19.1 Å². The van der Waals surface area contributed by atoms with Crippen LogP contribution in [0.4, 0.5) is 4.79 Å². The topological polar surface area (TPSA) is 66.9 Å². The van der Waals surface area contributed by atoms with Crippen molar-refractivity contribution in [2.24, 2.45) is 0 Å². The van der Waals surface area contributed by atoms with E-state index in [1.54, 1.807) is 13.0 Å². The van der Waals surface area contributed by atoms with Crippen LogP contribution in [-0.4, -0.2) is 53.4 Å². The minimum Gasteiger partial charge on any atom is -0.381 e. The molecule has 0 aromatic heterocycles. The average Bonchev–Trinajstić information content (AvgIpc) is 2.66. The van der Waals surface area contributed by atoms with Gasteiger partial charge in [0.15, 0.2) is 0 Å². The summed E-state index contributed by atoms with van der Waals surface area (Å²) in [4.78, 5) is 40.4. The highest BCUT2D eigenvalue weighted by atomic mass is 16.5. The highest BCUT2D eigenvalue weighted by molar-refractivity contribution is 6.29. The first-order valence-corrected chi connectivity index (χ1v) is 8.84. The molecular weight excluding hydrogens is 332 g/mol. The number of urea groups is 1. The van der Waals surface area contributed by atoms with E-state index in [9.17, 15) is 14.4 Å². The summed E-state index contributed by atoms with van der Waals surface area (Å²) < 4.78 is 5.32. The summed E-state index contributed by atoms with van der Waals surface area (Å²) >= 11 is 0. The first-order chi connectivity index (χ1) is 12.6. The molecule has 0 N–H and O–H groups in total. The van der Waals surface area contributed by atoms with Gasteiger partial charge in [-0.3, -0.25) is 19.4 Å². The van der Waals surface area contributed by atoms with E-state index in [0.29, 0.717) is 26.1 Å². The minimum atomic E-state index is -0.538. The second kappa shape index (κ2) is 8.10. The molecule has 0 unspecified atom stereocenters. The number of benzene rings is 1. The van der Waals surface area contributed by atoms with Crippen LogP contribution >= 0.6 is 0 Å². The first kappa shape index (κ1) is 18.1. The van der Waals surface area contributed by atoms with Crippen LogP contribution in [0.3, 0.4) is 0 Å². The first-order valence-electron chi connectivity index (χ1n) is 8.84. The highest BCUT2D eigenvalue weighted by Gasteiger charge is 2.44. The van der Waals surface area contributed by atoms with Crippen LogP contribution in [0.5, 0.6) is 0 Å². The van der Waals surface area contributed by atoms with Crippen molar-refractivity contribution in [3.05, 3.63) is 53.6 Å². The van der Waals surface area contributed by atoms with Gasteiger partial charge in [0.25, 0.3) is 11.8 Å². The SMILES string of the molecule is CCN1C(=O)/C(=C\C=C\c2ccccc2)C(=O)N(C2CCOCC2)C1=O. The van der Waals surface area contributed by atoms with Crippen molar-refractivity contribution in [2.45, 2.75) is 25.8 Å². The number of imide groups is 2. The monoisotopic (exact) mass is 354 g/mol. The molecule has 1 aromatic carbocycles. The van der Waals surface area contributed by atoms with Gasteiger partial charge in [0.2, 0.25) is 0 Å². The predicted octanol–water partition coefficient (Wildman–Crippen LogP) is 2.62. The Labute approximate surface area is 152 Å². The van der Waals surface area contributed by atoms with Gasteiger partial charge in [-0.25, -0.2) is 4.79 Å². The Morgan fingerprint density at radius 3 is 2.42 bits per heavy atom. The van der Waals surface area contributed by atoms with Crippen LogP contribution in [0.15, 0.2) is 48.1 Å². The van der Waals surface area contributed by atoms with Crippen molar-refractivity contribution in [1.82, 2.24) is 9.80 Å². The average molecular weight is 354 g/mol. The lowest BCUT2D eigenvalue weighted by Gasteiger charge is -2.39. The number of amides is 4. The fraction of sp³-hybridized carbons (Fsp3) is 0.350. The fourth-order valence-electron chi connectivity index (χ4n) is 3.18. The summed E-state index contributed by atoms with van der Waals surface area (Å²) in [6.45, 7) is 2.97. The van der Waals surface area contributed by atoms with Gasteiger partial charge < -0.3 is 4.74 Å². The molecular formula is C20H22N2O4. The molecule has 2 heterocycles. The Balaban J connectivity index is 1.88. The molecule has 2 fully saturated rings. The number of carbonyl (C=O) groups is 3. The van der Waals surface area contributed by atoms with Gasteiger partial charge in [-0.15, -0.1) is 0 Å². The largest absolute Gasteiger partial charge is 0.381 e. The molecule has 26 heavy (non-hydrogen) atoms. The van der Waals surface area contributed by atoms with Crippen LogP contribution < -0.4 is 0 Å². The summed E-state index contributed by atoms with van der Waals surface area (Å²) in [5.41, 5.74) is 0.981. The number of hydrogen-bond acceptors (Lipinski definition) is 4. The molecule has 6 heteroatoms. The summed E-state index contributed by atoms with van der Waals surface area (Å²) in [5.74, 6) is -1.06. The van der Waals surface area contributed by atoms with Gasteiger partial charge in [-0.05, 0) is 31.4 Å². The molecule has 0 spiro atoms. The van der Waals surface area contributed by atoms with E-state index in [2.05, 4.69) is 0 Å². The van der Waals surface area contributed by atoms with Crippen LogP contribution in [-0.2, 0) is 14.3 Å². The summed E-state index contributed by atoms with van der Waals surface area (Å²) in [5, 5.41) is 0. The Morgan fingerprint density at radius 2 is 1.77 bits per heavy atom. The van der Waals surface area contributed by atoms with E-state index in [4.69, 9.17) is 4.74 Å². The zero-order valence-electron chi connectivity index (χ0n) is 14.8. The fourth-order valence-corrected chi connectivity index (χ4v) is 3.18. The van der Waals surface area contributed by atoms with Crippen LogP contribution in [0.1, 0.15) is 25.3 Å². The summed E-state index contributed by atoms with van der Waals surface area (Å²) in [6, 6.07) is 8.83. The lowest BCUT2D eigenvalue weighted by Crippen LogP contribution is -2.60. The Morgan fingerprint density at radius 1 is 1.08 bits per heavy atom. The van der Waals surface area contributed by atoms with E-state index in [-0.39, 0.29) is 18.2 Å². The molecule has 0 atom stereocenters. The van der Waals surface area contributed by atoms with Crippen molar-refractivity contribution in [2.75, 3.05) is 19.8 Å². The van der Waals surface area contributed by atoms with Gasteiger partial charge in [-0.1, -0.05) is 42.5 Å². The molecule has 0 saturated carbocycles. The second-order valence-electron chi connectivity index (χ2n) is 6.20. The molecule has 2 aliphatic rings. The van der Waals surface area contributed by atoms with E-state index in [0.717, 1.165) is 10.5 Å². The van der Waals surface area contributed by atoms with Gasteiger partial charge in [0, 0.05) is 25.8 Å². The number of rotatable bonds is 4. The van der Waals surface area contributed by atoms with Crippen LogP contribution in [0.2, 0.25) is 0 Å². The lowest BCUT2D eigenvalue weighted by molar-refractivity contribution is -0.138. The van der Waals surface area contributed by atoms with Crippen molar-refractivity contribution >= 4 is 23.9 Å². The number of hydrogen-bond donors (Lipinski definition) is 0. The molecule has 6 nitrogen and oxygen atoms in total. The maximum absolute atomic E-state index is 12.9. The molecule has 3 rings (SSSR count). The number of nitrogens with zero attached hydrogens (tertiary/aromatic N) is 2. The van der Waals surface area contributed by atoms with E-state index in [1.165, 1.54) is 11.0 Å². The third-order valence-electron chi connectivity index (χ3n) is 4.59. The zero-order chi connectivity index (χ0) is 18.5. The maximum Gasteiger partial charge on any atom is 0.334 e. The third kappa shape index (κ3) is 3.60. The Hall–Kier alpha value is -2.73. The molecule has 1 aromatic rings. The number of likely N-dealkylation sites (N-methyl/N-ethyl adjacent to an activating group) is 1. The van der Waals surface area contributed by atoms with Gasteiger partial charge >= 0.3 is 6.03 Å². The zero-order valence-corrected chi connectivity index (χ0v) is 14.8. The number of ether oxygens (including phenoxy) is 1. The van der Waals surface area contributed by atoms with Crippen molar-refractivity contribution in [1.29, 1.82) is 0 Å². The minimum absolute atomic E-state index is 0.0186. The van der Waals surface area contributed by atoms with Gasteiger partial charge in [0.05, 0.1) is 0 Å². The molecule has 4 amide bonds. The maximum atomic E-state index is 12.9. The molecule has 2 aliphatic heterocycles. The normalized spacial score (nSPS) is 21.3. The molecule has 2 saturated heterocycles. The second-order valence-corrected chi connectivity index (χ2v) is 6.20. The quantitative estimate of drug-likeness (QED) is 0.616. The standard InChI is InChI=1S/C20H22N2O4/c1-2-21-18(23)17(10-6-9-15-7-4-3-5-8-15)19(24)22(20(21)25)16-11-13-26-14-12-16/h3-10,16H,2,11-14H2,1H3/b9-6+,17-10+. The molecule has 0 aliphatic carbocycles.